The zero-order valence-corrected chi connectivity index (χ0v) is 11.9. The molecular formula is C15H21NO4. The van der Waals surface area contributed by atoms with Crippen molar-refractivity contribution in [2.24, 2.45) is 11.8 Å². The van der Waals surface area contributed by atoms with Crippen LogP contribution in [-0.4, -0.2) is 41.3 Å². The molecule has 20 heavy (non-hydrogen) atoms. The van der Waals surface area contributed by atoms with Crippen molar-refractivity contribution in [3.63, 3.8) is 0 Å². The van der Waals surface area contributed by atoms with E-state index in [1.807, 2.05) is 0 Å². The lowest BCUT2D eigenvalue weighted by molar-refractivity contribution is -0.149. The Labute approximate surface area is 118 Å². The van der Waals surface area contributed by atoms with Gasteiger partial charge in [0, 0.05) is 25.3 Å². The molecule has 0 aromatic rings. The summed E-state index contributed by atoms with van der Waals surface area (Å²) in [6.07, 6.45) is 3.82. The minimum absolute atomic E-state index is 0.0502. The zero-order valence-electron chi connectivity index (χ0n) is 11.9. The molecule has 0 aromatic heterocycles. The molecule has 1 aliphatic carbocycles. The van der Waals surface area contributed by atoms with E-state index in [4.69, 9.17) is 4.74 Å². The highest BCUT2D eigenvalue weighted by molar-refractivity contribution is 5.98. The van der Waals surface area contributed by atoms with Crippen molar-refractivity contribution in [2.45, 2.75) is 51.0 Å². The molecule has 2 saturated heterocycles. The molecule has 110 valence electrons. The number of hydrogen-bond donors (Lipinski definition) is 0. The van der Waals surface area contributed by atoms with E-state index < -0.39 is 5.54 Å². The Morgan fingerprint density at radius 2 is 2.20 bits per heavy atom. The van der Waals surface area contributed by atoms with Gasteiger partial charge in [0.05, 0.1) is 13.0 Å². The van der Waals surface area contributed by atoms with E-state index in [-0.39, 0.29) is 35.9 Å². The summed E-state index contributed by atoms with van der Waals surface area (Å²) in [5.74, 6) is 0.0807. The Morgan fingerprint density at radius 1 is 1.40 bits per heavy atom. The van der Waals surface area contributed by atoms with Gasteiger partial charge < -0.3 is 9.64 Å². The van der Waals surface area contributed by atoms with Crippen molar-refractivity contribution >= 4 is 17.7 Å². The van der Waals surface area contributed by atoms with Gasteiger partial charge in [-0.05, 0) is 32.1 Å². The molecule has 3 rings (SSSR count). The number of ketones is 1. The number of carbonyl (C=O) groups is 3. The Morgan fingerprint density at radius 3 is 2.95 bits per heavy atom. The summed E-state index contributed by atoms with van der Waals surface area (Å²) in [5, 5.41) is 0. The van der Waals surface area contributed by atoms with E-state index in [0.29, 0.717) is 26.0 Å². The summed E-state index contributed by atoms with van der Waals surface area (Å²) in [7, 11) is 0. The van der Waals surface area contributed by atoms with Gasteiger partial charge >= 0.3 is 5.97 Å². The second kappa shape index (κ2) is 4.86. The molecule has 0 radical (unpaired) electrons. The normalized spacial score (nSPS) is 36.0. The van der Waals surface area contributed by atoms with Gasteiger partial charge in [0.25, 0.3) is 0 Å². The van der Waals surface area contributed by atoms with Gasteiger partial charge in [-0.25, -0.2) is 0 Å². The molecule has 3 aliphatic rings. The van der Waals surface area contributed by atoms with Crippen molar-refractivity contribution in [3.05, 3.63) is 0 Å². The highest BCUT2D eigenvalue weighted by Crippen LogP contribution is 2.53. The number of carbonyl (C=O) groups excluding carboxylic acids is 3. The molecule has 3 unspecified atom stereocenters. The van der Waals surface area contributed by atoms with Crippen molar-refractivity contribution in [1.29, 1.82) is 0 Å². The summed E-state index contributed by atoms with van der Waals surface area (Å²) in [6.45, 7) is 2.76. The highest BCUT2D eigenvalue weighted by atomic mass is 16.5. The molecule has 2 heterocycles. The number of esters is 1. The first-order chi connectivity index (χ1) is 9.60. The molecule has 3 atom stereocenters. The zero-order chi connectivity index (χ0) is 14.3. The van der Waals surface area contributed by atoms with Crippen LogP contribution >= 0.6 is 0 Å². The van der Waals surface area contributed by atoms with Crippen molar-refractivity contribution < 1.29 is 19.1 Å². The summed E-state index contributed by atoms with van der Waals surface area (Å²) >= 11 is 0. The molecule has 0 aromatic carbocycles. The molecule has 5 heteroatoms. The second-order valence-corrected chi connectivity index (χ2v) is 6.08. The third-order valence-corrected chi connectivity index (χ3v) is 5.24. The lowest BCUT2D eigenvalue weighted by Crippen LogP contribution is -2.57. The summed E-state index contributed by atoms with van der Waals surface area (Å²) in [4.78, 5) is 38.4. The maximum absolute atomic E-state index is 12.6. The molecule has 1 spiro atoms. The average molecular weight is 279 g/mol. The Bertz CT molecular complexity index is 461. The van der Waals surface area contributed by atoms with E-state index in [9.17, 15) is 14.4 Å². The SMILES string of the molecule is CCOC(=O)CC1CCN2C(=O)CC3CCCC(=O)C132. The van der Waals surface area contributed by atoms with E-state index >= 15 is 0 Å². The van der Waals surface area contributed by atoms with Gasteiger partial charge in [0.2, 0.25) is 5.91 Å². The monoisotopic (exact) mass is 279 g/mol. The summed E-state index contributed by atoms with van der Waals surface area (Å²) < 4.78 is 5.04. The first-order valence-corrected chi connectivity index (χ1v) is 7.60. The van der Waals surface area contributed by atoms with Crippen LogP contribution in [0, 0.1) is 11.8 Å². The average Bonchev–Trinajstić information content (AvgIpc) is 2.89. The number of ether oxygens (including phenoxy) is 1. The van der Waals surface area contributed by atoms with Gasteiger partial charge in [0.1, 0.15) is 5.54 Å². The van der Waals surface area contributed by atoms with E-state index in [0.717, 1.165) is 19.3 Å². The van der Waals surface area contributed by atoms with Gasteiger partial charge in [-0.1, -0.05) is 0 Å². The number of rotatable bonds is 3. The van der Waals surface area contributed by atoms with Crippen LogP contribution in [0.5, 0.6) is 0 Å². The number of amides is 1. The van der Waals surface area contributed by atoms with Gasteiger partial charge in [-0.15, -0.1) is 0 Å². The first kappa shape index (κ1) is 13.6. The van der Waals surface area contributed by atoms with Crippen molar-refractivity contribution in [1.82, 2.24) is 4.90 Å². The molecule has 3 fully saturated rings. The predicted octanol–water partition coefficient (Wildman–Crippen LogP) is 1.30. The molecule has 2 aliphatic heterocycles. The Kier molecular flexibility index (Phi) is 3.30. The van der Waals surface area contributed by atoms with Crippen LogP contribution in [0.1, 0.15) is 45.4 Å². The van der Waals surface area contributed by atoms with Crippen LogP contribution in [0.4, 0.5) is 0 Å². The Hall–Kier alpha value is -1.39. The van der Waals surface area contributed by atoms with Crippen LogP contribution in [0.25, 0.3) is 0 Å². The molecule has 1 amide bonds. The lowest BCUT2D eigenvalue weighted by Gasteiger charge is -2.42. The maximum atomic E-state index is 12.6. The number of hydrogen-bond acceptors (Lipinski definition) is 4. The third kappa shape index (κ3) is 1.71. The smallest absolute Gasteiger partial charge is 0.306 e. The highest BCUT2D eigenvalue weighted by Gasteiger charge is 2.64. The van der Waals surface area contributed by atoms with E-state index in [1.54, 1.807) is 11.8 Å². The quantitative estimate of drug-likeness (QED) is 0.730. The maximum Gasteiger partial charge on any atom is 0.306 e. The van der Waals surface area contributed by atoms with Crippen molar-refractivity contribution in [2.75, 3.05) is 13.2 Å². The molecule has 0 N–H and O–H groups in total. The number of Topliss-reactive ketones (excluding diaryl/α,β-unsaturated/α-hetero) is 1. The topological polar surface area (TPSA) is 63.7 Å². The van der Waals surface area contributed by atoms with Crippen molar-refractivity contribution in [3.8, 4) is 0 Å². The molecular weight excluding hydrogens is 258 g/mol. The summed E-state index contributed by atoms with van der Waals surface area (Å²) in [6, 6.07) is 0. The largest absolute Gasteiger partial charge is 0.466 e. The second-order valence-electron chi connectivity index (χ2n) is 6.08. The minimum atomic E-state index is -0.678. The van der Waals surface area contributed by atoms with Gasteiger partial charge in [0.15, 0.2) is 5.78 Å². The lowest BCUT2D eigenvalue weighted by atomic mass is 9.65. The van der Waals surface area contributed by atoms with Gasteiger partial charge in [-0.3, -0.25) is 14.4 Å². The fourth-order valence-electron chi connectivity index (χ4n) is 4.59. The van der Waals surface area contributed by atoms with E-state index in [2.05, 4.69) is 0 Å². The molecule has 5 nitrogen and oxygen atoms in total. The van der Waals surface area contributed by atoms with Crippen LogP contribution in [0.3, 0.4) is 0 Å². The van der Waals surface area contributed by atoms with E-state index in [1.165, 1.54) is 0 Å². The van der Waals surface area contributed by atoms with Crippen LogP contribution in [-0.2, 0) is 19.1 Å². The first-order valence-electron chi connectivity index (χ1n) is 7.60. The van der Waals surface area contributed by atoms with Crippen LogP contribution in [0.15, 0.2) is 0 Å². The fourth-order valence-corrected chi connectivity index (χ4v) is 4.59. The summed E-state index contributed by atoms with van der Waals surface area (Å²) in [5.41, 5.74) is -0.678. The molecule has 1 saturated carbocycles. The Balaban J connectivity index is 1.90. The fraction of sp³-hybridized carbons (Fsp3) is 0.800. The predicted molar refractivity (Wildman–Crippen MR) is 70.8 cm³/mol. The van der Waals surface area contributed by atoms with Crippen LogP contribution < -0.4 is 0 Å². The number of nitrogens with zero attached hydrogens (tertiary/aromatic N) is 1. The molecule has 0 bridgehead atoms. The standard InChI is InChI=1S/C15H21NO4/c1-2-20-14(19)9-11-6-7-16-13(18)8-10-4-3-5-12(17)15(10,11)16/h10-11H,2-9H2,1H3. The third-order valence-electron chi connectivity index (χ3n) is 5.24. The van der Waals surface area contributed by atoms with Gasteiger partial charge in [-0.2, -0.15) is 0 Å². The minimum Gasteiger partial charge on any atom is -0.466 e. The van der Waals surface area contributed by atoms with Crippen LogP contribution in [0.2, 0.25) is 0 Å².